The van der Waals surface area contributed by atoms with Gasteiger partial charge in [0.1, 0.15) is 5.82 Å². The standard InChI is InChI=1S/C14H20FNO/c1-4-5-6-9-16(3)14(17)12-8-7-11(2)10-13(12)15/h7-8,10H,4-6,9H2,1-3H3. The number of rotatable bonds is 5. The molecule has 0 radical (unpaired) electrons. The third kappa shape index (κ3) is 3.84. The van der Waals surface area contributed by atoms with Crippen molar-refractivity contribution in [3.63, 3.8) is 0 Å². The van der Waals surface area contributed by atoms with Gasteiger partial charge in [-0.3, -0.25) is 4.79 Å². The lowest BCUT2D eigenvalue weighted by Crippen LogP contribution is -2.28. The van der Waals surface area contributed by atoms with Crippen molar-refractivity contribution in [3.05, 3.63) is 35.1 Å². The van der Waals surface area contributed by atoms with E-state index in [1.807, 2.05) is 6.92 Å². The van der Waals surface area contributed by atoms with E-state index in [1.54, 1.807) is 24.1 Å². The normalized spacial score (nSPS) is 10.4. The molecule has 2 nitrogen and oxygen atoms in total. The van der Waals surface area contributed by atoms with E-state index in [0.29, 0.717) is 6.54 Å². The van der Waals surface area contributed by atoms with Gasteiger partial charge in [0.25, 0.3) is 5.91 Å². The predicted molar refractivity (Wildman–Crippen MR) is 67.6 cm³/mol. The zero-order valence-corrected chi connectivity index (χ0v) is 10.8. The summed E-state index contributed by atoms with van der Waals surface area (Å²) >= 11 is 0. The quantitative estimate of drug-likeness (QED) is 0.719. The molecule has 0 aliphatic heterocycles. The van der Waals surface area contributed by atoms with Crippen molar-refractivity contribution < 1.29 is 9.18 Å². The molecule has 0 fully saturated rings. The smallest absolute Gasteiger partial charge is 0.256 e. The Morgan fingerprint density at radius 1 is 1.35 bits per heavy atom. The van der Waals surface area contributed by atoms with Crippen molar-refractivity contribution >= 4 is 5.91 Å². The maximum Gasteiger partial charge on any atom is 0.256 e. The second-order valence-electron chi connectivity index (χ2n) is 4.42. The van der Waals surface area contributed by atoms with Gasteiger partial charge in [0.05, 0.1) is 5.56 Å². The average molecular weight is 237 g/mol. The van der Waals surface area contributed by atoms with Crippen molar-refractivity contribution in [2.45, 2.75) is 33.1 Å². The van der Waals surface area contributed by atoms with Crippen LogP contribution in [0, 0.1) is 12.7 Å². The van der Waals surface area contributed by atoms with E-state index >= 15 is 0 Å². The first-order chi connectivity index (χ1) is 8.06. The van der Waals surface area contributed by atoms with Crippen LogP contribution >= 0.6 is 0 Å². The van der Waals surface area contributed by atoms with Gasteiger partial charge in [-0.25, -0.2) is 4.39 Å². The molecule has 0 saturated heterocycles. The minimum absolute atomic E-state index is 0.162. The van der Waals surface area contributed by atoms with Gasteiger partial charge in [-0.05, 0) is 31.0 Å². The molecule has 0 atom stereocenters. The molecule has 17 heavy (non-hydrogen) atoms. The molecule has 3 heteroatoms. The Hall–Kier alpha value is -1.38. The lowest BCUT2D eigenvalue weighted by molar-refractivity contribution is 0.0788. The lowest BCUT2D eigenvalue weighted by atomic mass is 10.1. The Balaban J connectivity index is 2.68. The number of nitrogens with zero attached hydrogens (tertiary/aromatic N) is 1. The maximum absolute atomic E-state index is 13.6. The van der Waals surface area contributed by atoms with Crippen LogP contribution in [-0.4, -0.2) is 24.4 Å². The monoisotopic (exact) mass is 237 g/mol. The fourth-order valence-electron chi connectivity index (χ4n) is 1.70. The Labute approximate surface area is 102 Å². The second kappa shape index (κ2) is 6.38. The highest BCUT2D eigenvalue weighted by molar-refractivity contribution is 5.94. The first-order valence-corrected chi connectivity index (χ1v) is 6.08. The summed E-state index contributed by atoms with van der Waals surface area (Å²) in [6.07, 6.45) is 3.17. The van der Waals surface area contributed by atoms with Gasteiger partial charge in [0.15, 0.2) is 0 Å². The molecule has 1 rings (SSSR count). The molecule has 1 aromatic carbocycles. The molecular formula is C14H20FNO. The number of amides is 1. The summed E-state index contributed by atoms with van der Waals surface area (Å²) in [5, 5.41) is 0. The number of hydrogen-bond acceptors (Lipinski definition) is 1. The van der Waals surface area contributed by atoms with Gasteiger partial charge in [-0.1, -0.05) is 25.8 Å². The molecule has 0 aliphatic carbocycles. The zero-order chi connectivity index (χ0) is 12.8. The van der Waals surface area contributed by atoms with Crippen LogP contribution in [0.25, 0.3) is 0 Å². The Morgan fingerprint density at radius 2 is 2.06 bits per heavy atom. The number of carbonyl (C=O) groups excluding carboxylic acids is 1. The summed E-state index contributed by atoms with van der Waals surface area (Å²) in [4.78, 5) is 13.5. The van der Waals surface area contributed by atoms with Crippen LogP contribution in [0.1, 0.15) is 42.1 Å². The third-order valence-electron chi connectivity index (χ3n) is 2.80. The minimum atomic E-state index is -0.433. The first-order valence-electron chi connectivity index (χ1n) is 6.08. The zero-order valence-electron chi connectivity index (χ0n) is 10.8. The van der Waals surface area contributed by atoms with Crippen molar-refractivity contribution in [1.29, 1.82) is 0 Å². The van der Waals surface area contributed by atoms with E-state index in [0.717, 1.165) is 24.8 Å². The molecule has 0 bridgehead atoms. The molecule has 0 saturated carbocycles. The van der Waals surface area contributed by atoms with Crippen molar-refractivity contribution in [2.75, 3.05) is 13.6 Å². The van der Waals surface area contributed by atoms with Gasteiger partial charge in [-0.15, -0.1) is 0 Å². The van der Waals surface area contributed by atoms with Gasteiger partial charge in [0.2, 0.25) is 0 Å². The van der Waals surface area contributed by atoms with E-state index in [4.69, 9.17) is 0 Å². The lowest BCUT2D eigenvalue weighted by Gasteiger charge is -2.17. The van der Waals surface area contributed by atoms with Crippen molar-refractivity contribution in [1.82, 2.24) is 4.90 Å². The van der Waals surface area contributed by atoms with E-state index in [2.05, 4.69) is 6.92 Å². The van der Waals surface area contributed by atoms with E-state index < -0.39 is 5.82 Å². The number of unbranched alkanes of at least 4 members (excludes halogenated alkanes) is 2. The van der Waals surface area contributed by atoms with Gasteiger partial charge in [-0.2, -0.15) is 0 Å². The molecule has 0 heterocycles. The molecule has 0 aliphatic rings. The van der Waals surface area contributed by atoms with Crippen LogP contribution in [0.15, 0.2) is 18.2 Å². The number of benzene rings is 1. The molecular weight excluding hydrogens is 217 g/mol. The highest BCUT2D eigenvalue weighted by Crippen LogP contribution is 2.12. The highest BCUT2D eigenvalue weighted by Gasteiger charge is 2.15. The highest BCUT2D eigenvalue weighted by atomic mass is 19.1. The molecule has 94 valence electrons. The number of hydrogen-bond donors (Lipinski definition) is 0. The van der Waals surface area contributed by atoms with Crippen LogP contribution in [0.3, 0.4) is 0 Å². The molecule has 1 aromatic rings. The molecule has 0 N–H and O–H groups in total. The topological polar surface area (TPSA) is 20.3 Å². The minimum Gasteiger partial charge on any atom is -0.342 e. The average Bonchev–Trinajstić information content (AvgIpc) is 2.28. The molecule has 0 spiro atoms. The summed E-state index contributed by atoms with van der Waals surface area (Å²) in [6.45, 7) is 4.60. The second-order valence-corrected chi connectivity index (χ2v) is 4.42. The molecule has 1 amide bonds. The van der Waals surface area contributed by atoms with Crippen LogP contribution in [0.4, 0.5) is 4.39 Å². The third-order valence-corrected chi connectivity index (χ3v) is 2.80. The summed E-state index contributed by atoms with van der Waals surface area (Å²) < 4.78 is 13.6. The number of carbonyl (C=O) groups is 1. The summed E-state index contributed by atoms with van der Waals surface area (Å²) in [5.74, 6) is -0.670. The van der Waals surface area contributed by atoms with Crippen molar-refractivity contribution in [3.8, 4) is 0 Å². The molecule has 0 aromatic heterocycles. The summed E-state index contributed by atoms with van der Waals surface area (Å²) in [6, 6.07) is 4.71. The molecule has 0 unspecified atom stereocenters. The summed E-state index contributed by atoms with van der Waals surface area (Å²) in [7, 11) is 1.72. The van der Waals surface area contributed by atoms with Crippen LogP contribution in [0.5, 0.6) is 0 Å². The first kappa shape index (κ1) is 13.7. The van der Waals surface area contributed by atoms with Crippen molar-refractivity contribution in [2.24, 2.45) is 0 Å². The fourth-order valence-corrected chi connectivity index (χ4v) is 1.70. The van der Waals surface area contributed by atoms with Gasteiger partial charge >= 0.3 is 0 Å². The number of halogens is 1. The fraction of sp³-hybridized carbons (Fsp3) is 0.500. The van der Waals surface area contributed by atoms with Gasteiger partial charge in [0, 0.05) is 13.6 Å². The van der Waals surface area contributed by atoms with Crippen LogP contribution < -0.4 is 0 Å². The SMILES string of the molecule is CCCCCN(C)C(=O)c1ccc(C)cc1F. The maximum atomic E-state index is 13.6. The van der Waals surface area contributed by atoms with Gasteiger partial charge < -0.3 is 4.90 Å². The largest absolute Gasteiger partial charge is 0.342 e. The predicted octanol–water partition coefficient (Wildman–Crippen LogP) is 3.40. The van der Waals surface area contributed by atoms with E-state index in [-0.39, 0.29) is 11.5 Å². The van der Waals surface area contributed by atoms with Crippen LogP contribution in [-0.2, 0) is 0 Å². The van der Waals surface area contributed by atoms with Crippen LogP contribution in [0.2, 0.25) is 0 Å². The van der Waals surface area contributed by atoms with E-state index in [9.17, 15) is 9.18 Å². The summed E-state index contributed by atoms with van der Waals surface area (Å²) in [5.41, 5.74) is 0.988. The Kier molecular flexibility index (Phi) is 5.13. The Bertz CT molecular complexity index is 390. The number of aryl methyl sites for hydroxylation is 1. The Morgan fingerprint density at radius 3 is 2.65 bits per heavy atom. The van der Waals surface area contributed by atoms with E-state index in [1.165, 1.54) is 6.07 Å².